The number of aromatic nitrogens is 2. The maximum absolute atomic E-state index is 12.1. The van der Waals surface area contributed by atoms with Crippen molar-refractivity contribution in [2.45, 2.75) is 6.42 Å². The average Bonchev–Trinajstić information content (AvgIpc) is 3.07. The van der Waals surface area contributed by atoms with E-state index in [9.17, 15) is 13.2 Å². The number of primary sulfonamides is 1. The van der Waals surface area contributed by atoms with Crippen molar-refractivity contribution in [3.63, 3.8) is 0 Å². The molecule has 1 aromatic carbocycles. The summed E-state index contributed by atoms with van der Waals surface area (Å²) in [6.45, 7) is 0.371. The lowest BCUT2D eigenvalue weighted by molar-refractivity contribution is -0.117. The number of carbonyl (C=O) groups is 1. The number of sulfonamides is 1. The van der Waals surface area contributed by atoms with Gasteiger partial charge in [0, 0.05) is 37.0 Å². The quantitative estimate of drug-likeness (QED) is 0.887. The number of nitrogens with zero attached hydrogens (tertiary/aromatic N) is 3. The van der Waals surface area contributed by atoms with Gasteiger partial charge in [0.2, 0.25) is 15.9 Å². The second kappa shape index (κ2) is 5.54. The van der Waals surface area contributed by atoms with E-state index in [1.807, 2.05) is 36.5 Å². The van der Waals surface area contributed by atoms with E-state index in [1.54, 1.807) is 15.8 Å². The number of rotatable bonds is 4. The highest BCUT2D eigenvalue weighted by Crippen LogP contribution is 2.26. The molecule has 0 radical (unpaired) electrons. The second-order valence-corrected chi connectivity index (χ2v) is 7.03. The zero-order valence-corrected chi connectivity index (χ0v) is 12.6. The molecule has 1 aliphatic heterocycles. The van der Waals surface area contributed by atoms with Gasteiger partial charge >= 0.3 is 0 Å². The SMILES string of the molecule is NS(=O)(=O)CC1CC(=O)N(c2ccc(-n3cccn3)cc2)C1. The van der Waals surface area contributed by atoms with E-state index in [2.05, 4.69) is 5.10 Å². The van der Waals surface area contributed by atoms with Gasteiger partial charge in [0.05, 0.1) is 11.4 Å². The van der Waals surface area contributed by atoms with Crippen LogP contribution in [0, 0.1) is 5.92 Å². The highest BCUT2D eigenvalue weighted by Gasteiger charge is 2.32. The molecule has 1 fully saturated rings. The molecule has 2 N–H and O–H groups in total. The average molecular weight is 320 g/mol. The minimum absolute atomic E-state index is 0.0829. The van der Waals surface area contributed by atoms with Crippen molar-refractivity contribution in [1.29, 1.82) is 0 Å². The van der Waals surface area contributed by atoms with E-state index in [-0.39, 0.29) is 24.0 Å². The first-order valence-corrected chi connectivity index (χ1v) is 8.55. The van der Waals surface area contributed by atoms with Crippen molar-refractivity contribution in [3.8, 4) is 5.69 Å². The molecule has 1 aliphatic rings. The summed E-state index contributed by atoms with van der Waals surface area (Å²) in [5, 5.41) is 9.19. The monoisotopic (exact) mass is 320 g/mol. The van der Waals surface area contributed by atoms with Gasteiger partial charge in [0.1, 0.15) is 0 Å². The Hall–Kier alpha value is -2.19. The Bertz CT molecular complexity index is 769. The largest absolute Gasteiger partial charge is 0.312 e. The summed E-state index contributed by atoms with van der Waals surface area (Å²) in [6, 6.07) is 9.21. The number of carbonyl (C=O) groups excluding carboxylic acids is 1. The van der Waals surface area contributed by atoms with Gasteiger partial charge in [-0.25, -0.2) is 18.2 Å². The van der Waals surface area contributed by atoms with Gasteiger partial charge in [-0.3, -0.25) is 4.79 Å². The van der Waals surface area contributed by atoms with Gasteiger partial charge < -0.3 is 4.90 Å². The first kappa shape index (κ1) is 14.7. The molecule has 22 heavy (non-hydrogen) atoms. The van der Waals surface area contributed by atoms with Crippen LogP contribution < -0.4 is 10.0 Å². The first-order valence-electron chi connectivity index (χ1n) is 6.83. The van der Waals surface area contributed by atoms with Gasteiger partial charge in [-0.1, -0.05) is 0 Å². The number of hydrogen-bond donors (Lipinski definition) is 1. The highest BCUT2D eigenvalue weighted by atomic mass is 32.2. The van der Waals surface area contributed by atoms with Crippen LogP contribution in [0.5, 0.6) is 0 Å². The van der Waals surface area contributed by atoms with Crippen LogP contribution in [0.15, 0.2) is 42.7 Å². The fourth-order valence-electron chi connectivity index (χ4n) is 2.68. The number of nitrogens with two attached hydrogens (primary N) is 1. The molecule has 1 saturated heterocycles. The third kappa shape index (κ3) is 3.18. The van der Waals surface area contributed by atoms with Crippen LogP contribution in [0.1, 0.15) is 6.42 Å². The number of hydrogen-bond acceptors (Lipinski definition) is 4. The number of benzene rings is 1. The fourth-order valence-corrected chi connectivity index (χ4v) is 3.56. The van der Waals surface area contributed by atoms with Crippen LogP contribution in [-0.4, -0.2) is 36.4 Å². The van der Waals surface area contributed by atoms with Crippen molar-refractivity contribution >= 4 is 21.6 Å². The van der Waals surface area contributed by atoms with E-state index < -0.39 is 10.0 Å². The van der Waals surface area contributed by atoms with Crippen LogP contribution in [-0.2, 0) is 14.8 Å². The van der Waals surface area contributed by atoms with Gasteiger partial charge in [0.25, 0.3) is 0 Å². The Morgan fingerprint density at radius 1 is 1.23 bits per heavy atom. The van der Waals surface area contributed by atoms with Crippen molar-refractivity contribution < 1.29 is 13.2 Å². The smallest absolute Gasteiger partial charge is 0.227 e. The molecule has 0 aliphatic carbocycles. The van der Waals surface area contributed by atoms with Crippen LogP contribution >= 0.6 is 0 Å². The lowest BCUT2D eigenvalue weighted by Gasteiger charge is -2.17. The standard InChI is InChI=1S/C14H16N4O3S/c15-22(20,21)10-11-8-14(19)17(9-11)12-2-4-13(5-3-12)18-7-1-6-16-18/h1-7,11H,8-10H2,(H2,15,20,21). The maximum Gasteiger partial charge on any atom is 0.227 e. The molecular formula is C14H16N4O3S. The fraction of sp³-hybridized carbons (Fsp3) is 0.286. The molecule has 1 unspecified atom stereocenters. The zero-order valence-electron chi connectivity index (χ0n) is 11.8. The number of anilines is 1. The van der Waals surface area contributed by atoms with Crippen molar-refractivity contribution in [2.75, 3.05) is 17.2 Å². The molecule has 0 spiro atoms. The Morgan fingerprint density at radius 2 is 1.91 bits per heavy atom. The Balaban J connectivity index is 1.76. The molecule has 3 rings (SSSR count). The summed E-state index contributed by atoms with van der Waals surface area (Å²) in [6.07, 6.45) is 3.73. The van der Waals surface area contributed by atoms with Crippen molar-refractivity contribution in [1.82, 2.24) is 9.78 Å². The predicted octanol–water partition coefficient (Wildman–Crippen LogP) is 0.514. The van der Waals surface area contributed by atoms with Gasteiger partial charge in [0.15, 0.2) is 0 Å². The Kier molecular flexibility index (Phi) is 3.71. The van der Waals surface area contributed by atoms with Gasteiger partial charge in [-0.05, 0) is 30.3 Å². The molecule has 1 atom stereocenters. The van der Waals surface area contributed by atoms with Crippen molar-refractivity contribution in [2.24, 2.45) is 11.1 Å². The van der Waals surface area contributed by atoms with E-state index >= 15 is 0 Å². The highest BCUT2D eigenvalue weighted by molar-refractivity contribution is 7.89. The third-order valence-electron chi connectivity index (χ3n) is 3.60. The normalized spacial score (nSPS) is 18.9. The molecule has 7 nitrogen and oxygen atoms in total. The second-order valence-electron chi connectivity index (χ2n) is 5.37. The third-order valence-corrected chi connectivity index (χ3v) is 4.54. The van der Waals surface area contributed by atoms with Crippen LogP contribution in [0.3, 0.4) is 0 Å². The van der Waals surface area contributed by atoms with Crippen LogP contribution in [0.25, 0.3) is 5.69 Å². The zero-order chi connectivity index (χ0) is 15.7. The molecular weight excluding hydrogens is 304 g/mol. The van der Waals surface area contributed by atoms with Crippen molar-refractivity contribution in [3.05, 3.63) is 42.7 Å². The molecule has 8 heteroatoms. The Labute approximate surface area is 128 Å². The summed E-state index contributed by atoms with van der Waals surface area (Å²) in [4.78, 5) is 13.7. The van der Waals surface area contributed by atoms with Crippen LogP contribution in [0.2, 0.25) is 0 Å². The predicted molar refractivity (Wildman–Crippen MR) is 82.0 cm³/mol. The van der Waals surface area contributed by atoms with E-state index in [4.69, 9.17) is 5.14 Å². The molecule has 1 aromatic heterocycles. The minimum Gasteiger partial charge on any atom is -0.312 e. The van der Waals surface area contributed by atoms with E-state index in [1.165, 1.54) is 0 Å². The lowest BCUT2D eigenvalue weighted by Crippen LogP contribution is -2.27. The van der Waals surface area contributed by atoms with Crippen LogP contribution in [0.4, 0.5) is 5.69 Å². The van der Waals surface area contributed by atoms with Gasteiger partial charge in [-0.15, -0.1) is 0 Å². The lowest BCUT2D eigenvalue weighted by atomic mass is 10.1. The summed E-state index contributed by atoms with van der Waals surface area (Å²) in [5.41, 5.74) is 1.64. The van der Waals surface area contributed by atoms with E-state index in [0.717, 1.165) is 11.4 Å². The summed E-state index contributed by atoms with van der Waals surface area (Å²) in [5.74, 6) is -0.505. The minimum atomic E-state index is -3.56. The van der Waals surface area contributed by atoms with Gasteiger partial charge in [-0.2, -0.15) is 5.10 Å². The summed E-state index contributed by atoms with van der Waals surface area (Å²) >= 11 is 0. The van der Waals surface area contributed by atoms with E-state index in [0.29, 0.717) is 6.54 Å². The summed E-state index contributed by atoms with van der Waals surface area (Å²) in [7, 11) is -3.56. The number of amides is 1. The maximum atomic E-state index is 12.1. The molecule has 1 amide bonds. The molecule has 116 valence electrons. The molecule has 0 bridgehead atoms. The summed E-state index contributed by atoms with van der Waals surface area (Å²) < 4.78 is 24.0. The molecule has 2 heterocycles. The molecule has 0 saturated carbocycles. The first-order chi connectivity index (χ1) is 10.4. The topological polar surface area (TPSA) is 98.3 Å². The Morgan fingerprint density at radius 3 is 2.50 bits per heavy atom. The molecule has 2 aromatic rings.